The van der Waals surface area contributed by atoms with Crippen molar-refractivity contribution in [3.05, 3.63) is 66.2 Å². The third-order valence-electron chi connectivity index (χ3n) is 5.87. The smallest absolute Gasteiger partial charge is 0.234 e. The summed E-state index contributed by atoms with van der Waals surface area (Å²) in [6, 6.07) is 13.9. The molecule has 1 fully saturated rings. The van der Waals surface area contributed by atoms with Crippen molar-refractivity contribution in [2.75, 3.05) is 11.1 Å². The number of hydrogen-bond acceptors (Lipinski definition) is 5. The van der Waals surface area contributed by atoms with Gasteiger partial charge in [-0.3, -0.25) is 9.36 Å². The zero-order valence-corrected chi connectivity index (χ0v) is 20.0. The first-order chi connectivity index (χ1) is 16.0. The van der Waals surface area contributed by atoms with E-state index in [4.69, 9.17) is 4.74 Å². The third-order valence-corrected chi connectivity index (χ3v) is 6.84. The fraction of sp³-hybridized carbons (Fsp3) is 0.346. The van der Waals surface area contributed by atoms with E-state index in [1.54, 1.807) is 0 Å². The number of anilines is 1. The van der Waals surface area contributed by atoms with Crippen molar-refractivity contribution < 1.29 is 9.53 Å². The van der Waals surface area contributed by atoms with Gasteiger partial charge in [0.05, 0.1) is 11.9 Å². The molecule has 0 spiro atoms. The molecule has 1 amide bonds. The van der Waals surface area contributed by atoms with Crippen molar-refractivity contribution >= 4 is 23.4 Å². The van der Waals surface area contributed by atoms with E-state index in [-0.39, 0.29) is 11.7 Å². The first-order valence-corrected chi connectivity index (χ1v) is 12.3. The lowest BCUT2D eigenvalue weighted by Gasteiger charge is -2.13. The number of carbonyl (C=O) groups excluding carboxylic acids is 1. The molecule has 0 unspecified atom stereocenters. The van der Waals surface area contributed by atoms with Crippen LogP contribution in [0.3, 0.4) is 0 Å². The lowest BCUT2D eigenvalue weighted by Crippen LogP contribution is -2.14. The van der Waals surface area contributed by atoms with Gasteiger partial charge in [0.15, 0.2) is 11.0 Å². The standard InChI is InChI=1S/C26H30N4O2S/c1-4-15-30-25(20-10-13-23(14-11-20)32-22-7-5-6-8-22)28-29-26(30)33-17-24(31)27-21-12-9-18(2)19(3)16-21/h4,9-14,16,22H,1,5-8,15,17H2,2-3H3,(H,27,31). The van der Waals surface area contributed by atoms with Gasteiger partial charge >= 0.3 is 0 Å². The number of hydrogen-bond donors (Lipinski definition) is 1. The lowest BCUT2D eigenvalue weighted by molar-refractivity contribution is -0.113. The molecular weight excluding hydrogens is 432 g/mol. The Bertz CT molecular complexity index is 1120. The summed E-state index contributed by atoms with van der Waals surface area (Å²) in [5, 5.41) is 12.4. The van der Waals surface area contributed by atoms with E-state index >= 15 is 0 Å². The molecule has 0 saturated heterocycles. The minimum absolute atomic E-state index is 0.0774. The SMILES string of the molecule is C=CCn1c(SCC(=O)Nc2ccc(C)c(C)c2)nnc1-c1ccc(OC2CCCC2)cc1. The highest BCUT2D eigenvalue weighted by Gasteiger charge is 2.18. The highest BCUT2D eigenvalue weighted by Crippen LogP contribution is 2.28. The summed E-state index contributed by atoms with van der Waals surface area (Å²) in [4.78, 5) is 12.5. The van der Waals surface area contributed by atoms with E-state index < -0.39 is 0 Å². The number of rotatable bonds is 9. The van der Waals surface area contributed by atoms with Gasteiger partial charge in [0.25, 0.3) is 0 Å². The molecule has 1 N–H and O–H groups in total. The summed E-state index contributed by atoms with van der Waals surface area (Å²) in [6.07, 6.45) is 6.90. The lowest BCUT2D eigenvalue weighted by atomic mass is 10.1. The second-order valence-corrected chi connectivity index (χ2v) is 9.33. The Balaban J connectivity index is 1.42. The van der Waals surface area contributed by atoms with Crippen LogP contribution in [-0.2, 0) is 11.3 Å². The van der Waals surface area contributed by atoms with Gasteiger partial charge < -0.3 is 10.1 Å². The molecule has 1 heterocycles. The predicted molar refractivity (Wildman–Crippen MR) is 134 cm³/mol. The maximum Gasteiger partial charge on any atom is 0.234 e. The highest BCUT2D eigenvalue weighted by atomic mass is 32.2. The fourth-order valence-corrected chi connectivity index (χ4v) is 4.68. The van der Waals surface area contributed by atoms with Crippen molar-refractivity contribution in [2.24, 2.45) is 0 Å². The minimum atomic E-state index is -0.0774. The van der Waals surface area contributed by atoms with Gasteiger partial charge in [0.2, 0.25) is 5.91 Å². The van der Waals surface area contributed by atoms with Crippen LogP contribution in [0.2, 0.25) is 0 Å². The minimum Gasteiger partial charge on any atom is -0.490 e. The Morgan fingerprint density at radius 2 is 1.91 bits per heavy atom. The Kier molecular flexibility index (Phi) is 7.50. The van der Waals surface area contributed by atoms with E-state index in [2.05, 4.69) is 29.0 Å². The number of aromatic nitrogens is 3. The summed E-state index contributed by atoms with van der Waals surface area (Å²) >= 11 is 1.37. The zero-order valence-electron chi connectivity index (χ0n) is 19.2. The summed E-state index contributed by atoms with van der Waals surface area (Å²) in [7, 11) is 0. The second-order valence-electron chi connectivity index (χ2n) is 8.39. The topological polar surface area (TPSA) is 69.0 Å². The first kappa shape index (κ1) is 23.1. The van der Waals surface area contributed by atoms with Crippen LogP contribution >= 0.6 is 11.8 Å². The number of benzene rings is 2. The molecule has 0 atom stereocenters. The van der Waals surface area contributed by atoms with E-state index in [9.17, 15) is 4.79 Å². The van der Waals surface area contributed by atoms with Crippen LogP contribution in [0.5, 0.6) is 5.75 Å². The summed E-state index contributed by atoms with van der Waals surface area (Å²) in [5.41, 5.74) is 4.10. The molecule has 3 aromatic rings. The van der Waals surface area contributed by atoms with Gasteiger partial charge in [-0.25, -0.2) is 0 Å². The molecule has 1 aliphatic carbocycles. The summed E-state index contributed by atoms with van der Waals surface area (Å²) < 4.78 is 8.05. The summed E-state index contributed by atoms with van der Waals surface area (Å²) in [6.45, 7) is 8.51. The first-order valence-electron chi connectivity index (χ1n) is 11.3. The Labute approximate surface area is 199 Å². The molecular formula is C26H30N4O2S. The van der Waals surface area contributed by atoms with Crippen LogP contribution in [0.25, 0.3) is 11.4 Å². The molecule has 0 radical (unpaired) electrons. The predicted octanol–water partition coefficient (Wildman–Crippen LogP) is 5.80. The van der Waals surface area contributed by atoms with Crippen LogP contribution in [0.15, 0.2) is 60.3 Å². The number of thioether (sulfide) groups is 1. The summed E-state index contributed by atoms with van der Waals surface area (Å²) in [5.74, 6) is 1.81. The number of nitrogens with zero attached hydrogens (tertiary/aromatic N) is 3. The van der Waals surface area contributed by atoms with Crippen LogP contribution in [0.4, 0.5) is 5.69 Å². The van der Waals surface area contributed by atoms with Crippen molar-refractivity contribution in [3.8, 4) is 17.1 Å². The van der Waals surface area contributed by atoms with Gasteiger partial charge in [-0.05, 0) is 87.1 Å². The number of aryl methyl sites for hydroxylation is 2. The quantitative estimate of drug-likeness (QED) is 0.321. The molecule has 0 aliphatic heterocycles. The van der Waals surface area contributed by atoms with Crippen molar-refractivity contribution in [1.82, 2.24) is 14.8 Å². The molecule has 0 bridgehead atoms. The maximum absolute atomic E-state index is 12.5. The second kappa shape index (κ2) is 10.7. The number of ether oxygens (including phenoxy) is 1. The molecule has 1 aliphatic rings. The average Bonchev–Trinajstić information content (AvgIpc) is 3.46. The Morgan fingerprint density at radius 1 is 1.15 bits per heavy atom. The third kappa shape index (κ3) is 5.85. The van der Waals surface area contributed by atoms with Gasteiger partial charge in [-0.1, -0.05) is 23.9 Å². The van der Waals surface area contributed by atoms with E-state index in [0.717, 1.165) is 41.2 Å². The zero-order chi connectivity index (χ0) is 23.2. The largest absolute Gasteiger partial charge is 0.490 e. The van der Waals surface area contributed by atoms with E-state index in [1.165, 1.54) is 30.2 Å². The van der Waals surface area contributed by atoms with Crippen molar-refractivity contribution in [1.29, 1.82) is 0 Å². The molecule has 1 aromatic heterocycles. The van der Waals surface area contributed by atoms with E-state index in [1.807, 2.05) is 60.0 Å². The molecule has 1 saturated carbocycles. The fourth-order valence-electron chi connectivity index (χ4n) is 3.93. The van der Waals surface area contributed by atoms with Crippen LogP contribution in [-0.4, -0.2) is 32.5 Å². The molecule has 4 rings (SSSR count). The van der Waals surface area contributed by atoms with E-state index in [0.29, 0.717) is 17.8 Å². The molecule has 2 aromatic carbocycles. The van der Waals surface area contributed by atoms with Gasteiger partial charge in [-0.2, -0.15) is 0 Å². The van der Waals surface area contributed by atoms with Gasteiger partial charge in [0.1, 0.15) is 5.75 Å². The van der Waals surface area contributed by atoms with Gasteiger partial charge in [0, 0.05) is 17.8 Å². The van der Waals surface area contributed by atoms with Crippen LogP contribution in [0.1, 0.15) is 36.8 Å². The molecule has 172 valence electrons. The highest BCUT2D eigenvalue weighted by molar-refractivity contribution is 7.99. The number of nitrogens with one attached hydrogen (secondary N) is 1. The molecule has 7 heteroatoms. The average molecular weight is 463 g/mol. The molecule has 6 nitrogen and oxygen atoms in total. The van der Waals surface area contributed by atoms with Crippen LogP contribution in [0, 0.1) is 13.8 Å². The maximum atomic E-state index is 12.5. The van der Waals surface area contributed by atoms with Crippen molar-refractivity contribution in [3.63, 3.8) is 0 Å². The van der Waals surface area contributed by atoms with Gasteiger partial charge in [-0.15, -0.1) is 16.8 Å². The monoisotopic (exact) mass is 462 g/mol. The normalized spacial score (nSPS) is 13.8. The number of carbonyl (C=O) groups is 1. The Hall–Kier alpha value is -3.06. The van der Waals surface area contributed by atoms with Crippen molar-refractivity contribution in [2.45, 2.75) is 57.3 Å². The number of amides is 1. The van der Waals surface area contributed by atoms with Crippen LogP contribution < -0.4 is 10.1 Å². The molecule has 33 heavy (non-hydrogen) atoms. The number of allylic oxidation sites excluding steroid dienone is 1. The Morgan fingerprint density at radius 3 is 2.61 bits per heavy atom.